The molecule has 0 radical (unpaired) electrons. The van der Waals surface area contributed by atoms with Crippen LogP contribution in [-0.4, -0.2) is 9.55 Å². The van der Waals surface area contributed by atoms with Gasteiger partial charge in [-0.3, -0.25) is 0 Å². The summed E-state index contributed by atoms with van der Waals surface area (Å²) in [6.07, 6.45) is 4.71. The standard InChI is InChI=1S/C15H17BrN2/c1-2-11-6-8-12(9-7-11)14-15(16)18-10-4-3-5-13(18)17-14/h6-9H,2-5,10H2,1H3. The number of imidazole rings is 1. The molecular weight excluding hydrogens is 288 g/mol. The Morgan fingerprint density at radius 1 is 1.22 bits per heavy atom. The smallest absolute Gasteiger partial charge is 0.113 e. The van der Waals surface area contributed by atoms with Crippen LogP contribution in [0, 0.1) is 0 Å². The van der Waals surface area contributed by atoms with Gasteiger partial charge in [0.15, 0.2) is 0 Å². The fourth-order valence-corrected chi connectivity index (χ4v) is 3.23. The van der Waals surface area contributed by atoms with Crippen molar-refractivity contribution in [2.75, 3.05) is 0 Å². The van der Waals surface area contributed by atoms with Gasteiger partial charge < -0.3 is 4.57 Å². The number of aromatic nitrogens is 2. The van der Waals surface area contributed by atoms with Crippen LogP contribution in [-0.2, 0) is 19.4 Å². The number of nitrogens with zero attached hydrogens (tertiary/aromatic N) is 2. The average Bonchev–Trinajstić information content (AvgIpc) is 2.77. The fraction of sp³-hybridized carbons (Fsp3) is 0.400. The molecule has 0 spiro atoms. The molecular formula is C15H17BrN2. The Kier molecular flexibility index (Phi) is 3.25. The molecule has 0 unspecified atom stereocenters. The summed E-state index contributed by atoms with van der Waals surface area (Å²) in [4.78, 5) is 4.79. The van der Waals surface area contributed by atoms with Gasteiger partial charge in [-0.05, 0) is 40.8 Å². The second kappa shape index (κ2) is 4.88. The molecule has 94 valence electrons. The van der Waals surface area contributed by atoms with E-state index in [1.165, 1.54) is 29.8 Å². The van der Waals surface area contributed by atoms with Gasteiger partial charge in [-0.1, -0.05) is 31.2 Å². The van der Waals surface area contributed by atoms with Crippen molar-refractivity contribution in [1.29, 1.82) is 0 Å². The van der Waals surface area contributed by atoms with E-state index in [-0.39, 0.29) is 0 Å². The van der Waals surface area contributed by atoms with Crippen LogP contribution >= 0.6 is 15.9 Å². The molecule has 0 saturated heterocycles. The highest BCUT2D eigenvalue weighted by Crippen LogP contribution is 2.31. The Morgan fingerprint density at radius 2 is 2.00 bits per heavy atom. The van der Waals surface area contributed by atoms with E-state index in [2.05, 4.69) is 51.7 Å². The molecule has 1 aromatic heterocycles. The molecule has 18 heavy (non-hydrogen) atoms. The van der Waals surface area contributed by atoms with Crippen molar-refractivity contribution < 1.29 is 0 Å². The molecule has 1 aliphatic rings. The van der Waals surface area contributed by atoms with Crippen molar-refractivity contribution in [2.45, 2.75) is 39.2 Å². The van der Waals surface area contributed by atoms with Gasteiger partial charge in [-0.2, -0.15) is 0 Å². The van der Waals surface area contributed by atoms with E-state index in [0.717, 1.165) is 29.7 Å². The third-order valence-corrected chi connectivity index (χ3v) is 4.46. The van der Waals surface area contributed by atoms with Gasteiger partial charge in [0.2, 0.25) is 0 Å². The first-order chi connectivity index (χ1) is 8.79. The monoisotopic (exact) mass is 304 g/mol. The predicted molar refractivity (Wildman–Crippen MR) is 77.7 cm³/mol. The minimum absolute atomic E-state index is 1.08. The first-order valence-corrected chi connectivity index (χ1v) is 7.43. The van der Waals surface area contributed by atoms with Crippen LogP contribution in [0.5, 0.6) is 0 Å². The molecule has 1 aromatic carbocycles. The quantitative estimate of drug-likeness (QED) is 0.812. The van der Waals surface area contributed by atoms with Crippen LogP contribution in [0.2, 0.25) is 0 Å². The second-order valence-corrected chi connectivity index (χ2v) is 5.58. The lowest BCUT2D eigenvalue weighted by Gasteiger charge is -2.13. The molecule has 0 N–H and O–H groups in total. The number of halogens is 1. The summed E-state index contributed by atoms with van der Waals surface area (Å²) in [5, 5.41) is 0. The second-order valence-electron chi connectivity index (χ2n) is 4.83. The van der Waals surface area contributed by atoms with E-state index >= 15 is 0 Å². The number of aryl methyl sites for hydroxylation is 2. The minimum atomic E-state index is 1.08. The van der Waals surface area contributed by atoms with Gasteiger partial charge in [0, 0.05) is 18.5 Å². The summed E-state index contributed by atoms with van der Waals surface area (Å²) in [6.45, 7) is 3.27. The van der Waals surface area contributed by atoms with Gasteiger partial charge >= 0.3 is 0 Å². The van der Waals surface area contributed by atoms with Crippen LogP contribution in [0.4, 0.5) is 0 Å². The molecule has 0 bridgehead atoms. The third-order valence-electron chi connectivity index (χ3n) is 3.65. The predicted octanol–water partition coefficient (Wildman–Crippen LogP) is 4.21. The van der Waals surface area contributed by atoms with Crippen molar-refractivity contribution in [3.05, 3.63) is 40.3 Å². The van der Waals surface area contributed by atoms with E-state index in [0.29, 0.717) is 0 Å². The summed E-state index contributed by atoms with van der Waals surface area (Å²) in [7, 11) is 0. The Labute approximate surface area is 116 Å². The van der Waals surface area contributed by atoms with Gasteiger partial charge in [-0.15, -0.1) is 0 Å². The van der Waals surface area contributed by atoms with E-state index in [1.807, 2.05) is 0 Å². The topological polar surface area (TPSA) is 17.8 Å². The van der Waals surface area contributed by atoms with Crippen molar-refractivity contribution >= 4 is 15.9 Å². The van der Waals surface area contributed by atoms with Crippen molar-refractivity contribution in [1.82, 2.24) is 9.55 Å². The fourth-order valence-electron chi connectivity index (χ4n) is 2.53. The summed E-state index contributed by atoms with van der Waals surface area (Å²) in [6, 6.07) is 8.75. The first kappa shape index (κ1) is 12.0. The Balaban J connectivity index is 2.02. The summed E-state index contributed by atoms with van der Waals surface area (Å²) < 4.78 is 3.45. The average molecular weight is 305 g/mol. The van der Waals surface area contributed by atoms with E-state index < -0.39 is 0 Å². The van der Waals surface area contributed by atoms with E-state index in [4.69, 9.17) is 4.98 Å². The highest BCUT2D eigenvalue weighted by atomic mass is 79.9. The van der Waals surface area contributed by atoms with Gasteiger partial charge in [0.25, 0.3) is 0 Å². The van der Waals surface area contributed by atoms with Gasteiger partial charge in [0.05, 0.1) is 0 Å². The summed E-state index contributed by atoms with van der Waals surface area (Å²) in [5.41, 5.74) is 3.68. The number of fused-ring (bicyclic) bond motifs is 1. The molecule has 3 rings (SSSR count). The molecule has 0 saturated carbocycles. The normalized spacial score (nSPS) is 14.6. The number of rotatable bonds is 2. The van der Waals surface area contributed by atoms with E-state index in [1.54, 1.807) is 0 Å². The Bertz CT molecular complexity index is 555. The summed E-state index contributed by atoms with van der Waals surface area (Å²) in [5.74, 6) is 1.22. The van der Waals surface area contributed by atoms with Crippen molar-refractivity contribution in [2.24, 2.45) is 0 Å². The van der Waals surface area contributed by atoms with Crippen molar-refractivity contribution in [3.8, 4) is 11.3 Å². The van der Waals surface area contributed by atoms with E-state index in [9.17, 15) is 0 Å². The van der Waals surface area contributed by atoms with Crippen LogP contribution < -0.4 is 0 Å². The van der Waals surface area contributed by atoms with Crippen LogP contribution in [0.1, 0.15) is 31.2 Å². The maximum Gasteiger partial charge on any atom is 0.113 e. The number of hydrogen-bond acceptors (Lipinski definition) is 1. The van der Waals surface area contributed by atoms with Gasteiger partial charge in [-0.25, -0.2) is 4.98 Å². The van der Waals surface area contributed by atoms with Crippen LogP contribution in [0.25, 0.3) is 11.3 Å². The first-order valence-electron chi connectivity index (χ1n) is 6.64. The molecule has 3 heteroatoms. The maximum atomic E-state index is 4.79. The van der Waals surface area contributed by atoms with Crippen LogP contribution in [0.3, 0.4) is 0 Å². The molecule has 0 fully saturated rings. The van der Waals surface area contributed by atoms with Crippen molar-refractivity contribution in [3.63, 3.8) is 0 Å². The molecule has 0 atom stereocenters. The molecule has 2 heterocycles. The lowest BCUT2D eigenvalue weighted by atomic mass is 10.1. The SMILES string of the molecule is CCc1ccc(-c2nc3n(c2Br)CCCC3)cc1. The largest absolute Gasteiger partial charge is 0.322 e. The van der Waals surface area contributed by atoms with Crippen LogP contribution in [0.15, 0.2) is 28.9 Å². The zero-order valence-corrected chi connectivity index (χ0v) is 12.2. The zero-order chi connectivity index (χ0) is 12.5. The minimum Gasteiger partial charge on any atom is -0.322 e. The zero-order valence-electron chi connectivity index (χ0n) is 10.6. The number of hydrogen-bond donors (Lipinski definition) is 0. The molecule has 2 nitrogen and oxygen atoms in total. The Hall–Kier alpha value is -1.09. The highest BCUT2D eigenvalue weighted by molar-refractivity contribution is 9.10. The lowest BCUT2D eigenvalue weighted by molar-refractivity contribution is 0.516. The maximum absolute atomic E-state index is 4.79. The third kappa shape index (κ3) is 2.01. The summed E-state index contributed by atoms with van der Waals surface area (Å²) >= 11 is 3.71. The molecule has 0 aliphatic carbocycles. The molecule has 2 aromatic rings. The lowest BCUT2D eigenvalue weighted by Crippen LogP contribution is -2.10. The molecule has 1 aliphatic heterocycles. The number of benzene rings is 1. The highest BCUT2D eigenvalue weighted by Gasteiger charge is 2.18. The molecule has 0 amide bonds. The Morgan fingerprint density at radius 3 is 2.67 bits per heavy atom. The van der Waals surface area contributed by atoms with Gasteiger partial charge in [0.1, 0.15) is 16.1 Å².